The molecule has 0 aromatic heterocycles. The molecule has 1 heterocycles. The molecule has 16 heavy (non-hydrogen) atoms. The number of nitrogens with zero attached hydrogens (tertiary/aromatic N) is 1. The van der Waals surface area contributed by atoms with Crippen LogP contribution >= 0.6 is 0 Å². The third-order valence-electron chi connectivity index (χ3n) is 3.47. The Bertz CT molecular complexity index is 325. The normalized spacial score (nSPS) is 40.1. The van der Waals surface area contributed by atoms with Gasteiger partial charge in [-0.3, -0.25) is 4.74 Å². The molecule has 0 amide bonds. The predicted octanol–water partition coefficient (Wildman–Crippen LogP) is 3.15. The van der Waals surface area contributed by atoms with Gasteiger partial charge in [0.25, 0.3) is 0 Å². The second-order valence-corrected chi connectivity index (χ2v) is 4.48. The summed E-state index contributed by atoms with van der Waals surface area (Å²) in [4.78, 5) is 0. The number of halogens is 4. The van der Waals surface area contributed by atoms with Gasteiger partial charge in [-0.1, -0.05) is 0 Å². The van der Waals surface area contributed by atoms with Crippen molar-refractivity contribution in [2.45, 2.75) is 37.9 Å². The van der Waals surface area contributed by atoms with E-state index >= 15 is 0 Å². The molecule has 2 fully saturated rings. The standard InChI is InChI=1S/C10H11F4NO/c11-9(12)7-2-1-6(3-4-15)5-8(7)10(13,14)16-9/h6-8H,1-3,5H2. The van der Waals surface area contributed by atoms with Crippen LogP contribution in [0.2, 0.25) is 0 Å². The molecular weight excluding hydrogens is 226 g/mol. The first-order valence-corrected chi connectivity index (χ1v) is 5.19. The summed E-state index contributed by atoms with van der Waals surface area (Å²) in [7, 11) is 0. The van der Waals surface area contributed by atoms with Crippen molar-refractivity contribution in [3.8, 4) is 6.07 Å². The Morgan fingerprint density at radius 1 is 1.12 bits per heavy atom. The molecule has 1 saturated carbocycles. The molecule has 6 heteroatoms. The van der Waals surface area contributed by atoms with Gasteiger partial charge >= 0.3 is 12.2 Å². The van der Waals surface area contributed by atoms with Crippen LogP contribution in [0.3, 0.4) is 0 Å². The molecule has 3 unspecified atom stereocenters. The van der Waals surface area contributed by atoms with Crippen LogP contribution in [0.25, 0.3) is 0 Å². The topological polar surface area (TPSA) is 33.0 Å². The Kier molecular flexibility index (Phi) is 2.61. The third-order valence-corrected chi connectivity index (χ3v) is 3.47. The van der Waals surface area contributed by atoms with Gasteiger partial charge in [-0.2, -0.15) is 22.8 Å². The van der Waals surface area contributed by atoms with E-state index in [4.69, 9.17) is 5.26 Å². The molecular formula is C10H11F4NO. The lowest BCUT2D eigenvalue weighted by Crippen LogP contribution is -2.34. The van der Waals surface area contributed by atoms with Crippen molar-refractivity contribution in [3.63, 3.8) is 0 Å². The molecule has 0 N–H and O–H groups in total. The molecule has 1 aliphatic carbocycles. The maximum atomic E-state index is 13.2. The SMILES string of the molecule is N#CCC1CCC2C(C1)C(F)(F)OC2(F)F. The number of rotatable bonds is 1. The van der Waals surface area contributed by atoms with E-state index in [1.807, 2.05) is 6.07 Å². The Balaban J connectivity index is 2.15. The van der Waals surface area contributed by atoms with Crippen LogP contribution in [0, 0.1) is 29.1 Å². The Morgan fingerprint density at radius 3 is 2.38 bits per heavy atom. The van der Waals surface area contributed by atoms with Crippen molar-refractivity contribution >= 4 is 0 Å². The minimum absolute atomic E-state index is 0.000394. The molecule has 0 bridgehead atoms. The number of fused-ring (bicyclic) bond motifs is 1. The van der Waals surface area contributed by atoms with Crippen molar-refractivity contribution < 1.29 is 22.3 Å². The van der Waals surface area contributed by atoms with Gasteiger partial charge in [0.2, 0.25) is 0 Å². The van der Waals surface area contributed by atoms with Crippen molar-refractivity contribution in [2.24, 2.45) is 17.8 Å². The van der Waals surface area contributed by atoms with E-state index < -0.39 is 24.1 Å². The number of hydrogen-bond acceptors (Lipinski definition) is 2. The molecule has 1 aliphatic heterocycles. The minimum Gasteiger partial charge on any atom is -0.255 e. The van der Waals surface area contributed by atoms with Gasteiger partial charge in [-0.05, 0) is 25.2 Å². The van der Waals surface area contributed by atoms with E-state index in [1.165, 1.54) is 0 Å². The lowest BCUT2D eigenvalue weighted by molar-refractivity contribution is -0.341. The van der Waals surface area contributed by atoms with Crippen LogP contribution in [0.4, 0.5) is 17.6 Å². The highest BCUT2D eigenvalue weighted by molar-refractivity contribution is 4.95. The van der Waals surface area contributed by atoms with Gasteiger partial charge in [-0.25, -0.2) is 0 Å². The molecule has 0 spiro atoms. The molecule has 2 rings (SSSR count). The van der Waals surface area contributed by atoms with Crippen molar-refractivity contribution in [3.05, 3.63) is 0 Å². The lowest BCUT2D eigenvalue weighted by Gasteiger charge is -2.31. The highest BCUT2D eigenvalue weighted by Gasteiger charge is 2.67. The summed E-state index contributed by atoms with van der Waals surface area (Å²) in [5.74, 6) is -3.07. The Morgan fingerprint density at radius 2 is 1.75 bits per heavy atom. The second-order valence-electron chi connectivity index (χ2n) is 4.48. The van der Waals surface area contributed by atoms with Crippen molar-refractivity contribution in [1.82, 2.24) is 0 Å². The van der Waals surface area contributed by atoms with Gasteiger partial charge < -0.3 is 0 Å². The quantitative estimate of drug-likeness (QED) is 0.656. The fourth-order valence-electron chi connectivity index (χ4n) is 2.68. The average Bonchev–Trinajstić information content (AvgIpc) is 2.33. The molecule has 0 aromatic carbocycles. The zero-order chi connectivity index (χ0) is 12.0. The molecule has 90 valence electrons. The summed E-state index contributed by atoms with van der Waals surface area (Å²) in [5, 5.41) is 8.47. The lowest BCUT2D eigenvalue weighted by atomic mass is 9.73. The summed E-state index contributed by atoms with van der Waals surface area (Å²) in [5.41, 5.74) is 0. The van der Waals surface area contributed by atoms with E-state index in [2.05, 4.69) is 4.74 Å². The Hall–Kier alpha value is -0.830. The van der Waals surface area contributed by atoms with Crippen LogP contribution in [0.5, 0.6) is 0 Å². The summed E-state index contributed by atoms with van der Waals surface area (Å²) in [6.07, 6.45) is -7.01. The minimum atomic E-state index is -3.76. The second kappa shape index (κ2) is 3.59. The highest BCUT2D eigenvalue weighted by Crippen LogP contribution is 2.57. The number of ether oxygens (including phenoxy) is 1. The maximum Gasteiger partial charge on any atom is 0.363 e. The number of alkyl halides is 4. The van der Waals surface area contributed by atoms with E-state index in [0.717, 1.165) is 0 Å². The van der Waals surface area contributed by atoms with E-state index in [9.17, 15) is 17.6 Å². The smallest absolute Gasteiger partial charge is 0.255 e. The summed E-state index contributed by atoms with van der Waals surface area (Å²) < 4.78 is 56.2. The number of hydrogen-bond donors (Lipinski definition) is 0. The number of nitriles is 1. The van der Waals surface area contributed by atoms with Crippen LogP contribution < -0.4 is 0 Å². The molecule has 2 nitrogen and oxygen atoms in total. The zero-order valence-corrected chi connectivity index (χ0v) is 8.43. The first kappa shape index (κ1) is 11.6. The molecule has 3 atom stereocenters. The van der Waals surface area contributed by atoms with E-state index in [-0.39, 0.29) is 25.2 Å². The van der Waals surface area contributed by atoms with Crippen molar-refractivity contribution in [1.29, 1.82) is 5.26 Å². The maximum absolute atomic E-state index is 13.2. The summed E-state index contributed by atoms with van der Waals surface area (Å²) in [6.45, 7) is 0. The Labute approximate surface area is 90.2 Å². The van der Waals surface area contributed by atoms with Gasteiger partial charge in [0, 0.05) is 6.42 Å². The first-order chi connectivity index (χ1) is 7.37. The molecule has 2 aliphatic rings. The largest absolute Gasteiger partial charge is 0.363 e. The van der Waals surface area contributed by atoms with Gasteiger partial charge in [-0.15, -0.1) is 0 Å². The van der Waals surface area contributed by atoms with Gasteiger partial charge in [0.1, 0.15) is 0 Å². The molecule has 1 saturated heterocycles. The van der Waals surface area contributed by atoms with Crippen LogP contribution in [-0.4, -0.2) is 12.2 Å². The molecule has 0 aromatic rings. The molecule has 0 radical (unpaired) electrons. The fraction of sp³-hybridized carbons (Fsp3) is 0.900. The monoisotopic (exact) mass is 237 g/mol. The van der Waals surface area contributed by atoms with Gasteiger partial charge in [0.15, 0.2) is 0 Å². The van der Waals surface area contributed by atoms with Crippen LogP contribution in [0.1, 0.15) is 25.7 Å². The van der Waals surface area contributed by atoms with Crippen LogP contribution in [-0.2, 0) is 4.74 Å². The summed E-state index contributed by atoms with van der Waals surface area (Å²) in [6, 6.07) is 1.89. The first-order valence-electron chi connectivity index (χ1n) is 5.19. The summed E-state index contributed by atoms with van der Waals surface area (Å²) >= 11 is 0. The zero-order valence-electron chi connectivity index (χ0n) is 8.43. The third kappa shape index (κ3) is 1.77. The van der Waals surface area contributed by atoms with Gasteiger partial charge in [0.05, 0.1) is 17.9 Å². The van der Waals surface area contributed by atoms with E-state index in [0.29, 0.717) is 6.42 Å². The predicted molar refractivity (Wildman–Crippen MR) is 45.5 cm³/mol. The fourth-order valence-corrected chi connectivity index (χ4v) is 2.68. The van der Waals surface area contributed by atoms with Crippen LogP contribution in [0.15, 0.2) is 0 Å². The van der Waals surface area contributed by atoms with E-state index in [1.54, 1.807) is 0 Å². The average molecular weight is 237 g/mol. The highest BCUT2D eigenvalue weighted by atomic mass is 19.3. The van der Waals surface area contributed by atoms with Crippen molar-refractivity contribution in [2.75, 3.05) is 0 Å².